The van der Waals surface area contributed by atoms with Crippen LogP contribution in [0.15, 0.2) is 52.0 Å². The molecule has 218 valence electrons. The van der Waals surface area contributed by atoms with Gasteiger partial charge in [0.1, 0.15) is 9.92 Å². The van der Waals surface area contributed by atoms with E-state index in [0.29, 0.717) is 16.5 Å². The van der Waals surface area contributed by atoms with E-state index in [9.17, 15) is 14.3 Å². The van der Waals surface area contributed by atoms with Crippen molar-refractivity contribution in [3.05, 3.63) is 63.3 Å². The fraction of sp³-hybridized carbons (Fsp3) is 0.320. The van der Waals surface area contributed by atoms with Gasteiger partial charge >= 0.3 is 11.9 Å². The maximum absolute atomic E-state index is 12.6. The maximum Gasteiger partial charge on any atom is 0.414 e. The first kappa shape index (κ1) is 30.0. The third-order valence-electron chi connectivity index (χ3n) is 6.06. The predicted molar refractivity (Wildman–Crippen MR) is 148 cm³/mol. The summed E-state index contributed by atoms with van der Waals surface area (Å²) in [4.78, 5) is 37.5. The molecule has 4 heterocycles. The molecule has 0 bridgehead atoms. The average molecular weight is 607 g/mol. The SMILES string of the molecule is CS(=O)c1sc2c(c1-c1ccc([N+](=O)[O-])cc1)-n1cccc1/C2=N\OCOCCN1CCOCC1.O=C(O)C(=O)O. The van der Waals surface area contributed by atoms with Crippen LogP contribution in [0.25, 0.3) is 16.8 Å². The Morgan fingerprint density at radius 2 is 1.85 bits per heavy atom. The number of morpholine rings is 1. The Hall–Kier alpha value is -3.96. The van der Waals surface area contributed by atoms with E-state index in [4.69, 9.17) is 34.1 Å². The molecule has 14 nitrogen and oxygen atoms in total. The molecular weight excluding hydrogens is 580 g/mol. The molecule has 1 aromatic carbocycles. The summed E-state index contributed by atoms with van der Waals surface area (Å²) in [6.07, 6.45) is 3.54. The second-order valence-corrected chi connectivity index (χ2v) is 11.2. The Kier molecular flexibility index (Phi) is 9.95. The minimum atomic E-state index is -1.82. The summed E-state index contributed by atoms with van der Waals surface area (Å²) in [5.41, 5.74) is 3.90. The summed E-state index contributed by atoms with van der Waals surface area (Å²) in [5, 5.41) is 30.2. The fourth-order valence-electron chi connectivity index (χ4n) is 4.18. The number of carbonyl (C=O) groups is 2. The predicted octanol–water partition coefficient (Wildman–Crippen LogP) is 2.40. The van der Waals surface area contributed by atoms with Crippen LogP contribution in [0.4, 0.5) is 5.69 Å². The first-order valence-electron chi connectivity index (χ1n) is 12.2. The molecule has 0 amide bonds. The number of carboxylic acids is 2. The van der Waals surface area contributed by atoms with Crippen LogP contribution in [0, 0.1) is 10.1 Å². The van der Waals surface area contributed by atoms with E-state index in [1.165, 1.54) is 23.5 Å². The molecule has 0 spiro atoms. The molecule has 3 aromatic rings. The van der Waals surface area contributed by atoms with E-state index in [-0.39, 0.29) is 12.5 Å². The second kappa shape index (κ2) is 13.6. The van der Waals surface area contributed by atoms with E-state index in [2.05, 4.69) is 10.1 Å². The van der Waals surface area contributed by atoms with Crippen molar-refractivity contribution in [2.45, 2.75) is 4.21 Å². The molecule has 2 aliphatic heterocycles. The van der Waals surface area contributed by atoms with Crippen LogP contribution in [-0.2, 0) is 34.7 Å². The second-order valence-electron chi connectivity index (χ2n) is 8.62. The van der Waals surface area contributed by atoms with Gasteiger partial charge in [0.2, 0.25) is 6.79 Å². The van der Waals surface area contributed by atoms with Crippen molar-refractivity contribution >= 4 is 45.5 Å². The third kappa shape index (κ3) is 7.04. The molecule has 1 atom stereocenters. The zero-order chi connectivity index (χ0) is 29.5. The van der Waals surface area contributed by atoms with Crippen molar-refractivity contribution in [2.75, 3.05) is 52.5 Å². The van der Waals surface area contributed by atoms with Gasteiger partial charge in [-0.2, -0.15) is 0 Å². The number of nitrogens with zero attached hydrogens (tertiary/aromatic N) is 4. The quantitative estimate of drug-likeness (QED) is 0.0938. The van der Waals surface area contributed by atoms with Crippen molar-refractivity contribution in [3.8, 4) is 16.8 Å². The molecule has 1 saturated heterocycles. The maximum atomic E-state index is 12.6. The number of ether oxygens (including phenoxy) is 2. The summed E-state index contributed by atoms with van der Waals surface area (Å²) >= 11 is 1.39. The smallest absolute Gasteiger partial charge is 0.414 e. The van der Waals surface area contributed by atoms with E-state index in [1.54, 1.807) is 18.4 Å². The standard InChI is InChI=1S/C23H24N4O6S2.C2H2O4/c1-35(30)23-19(16-4-6-17(7-5-16)27(28)29)21-22(34-23)20(18-3-2-8-26(18)21)24-33-15-32-14-11-25-9-12-31-13-10-25;3-1(4)2(5)6/h2-8H,9-15H2,1H3;(H,3,4)(H,5,6)/b24-20+;. The number of hydrogen-bond donors (Lipinski definition) is 2. The number of carboxylic acid groups (broad SMARTS) is 2. The van der Waals surface area contributed by atoms with E-state index in [1.807, 2.05) is 22.9 Å². The minimum absolute atomic E-state index is 0.00530. The summed E-state index contributed by atoms with van der Waals surface area (Å²) in [7, 11) is -1.27. The molecule has 2 aliphatic rings. The molecule has 41 heavy (non-hydrogen) atoms. The molecule has 2 N–H and O–H groups in total. The van der Waals surface area contributed by atoms with Crippen molar-refractivity contribution in [1.82, 2.24) is 9.47 Å². The third-order valence-corrected chi connectivity index (χ3v) is 8.72. The average Bonchev–Trinajstić information content (AvgIpc) is 3.64. The highest BCUT2D eigenvalue weighted by molar-refractivity contribution is 7.86. The number of non-ortho nitro benzene ring substituents is 1. The summed E-state index contributed by atoms with van der Waals surface area (Å²) in [6.45, 7) is 4.68. The molecule has 1 unspecified atom stereocenters. The molecule has 16 heteroatoms. The lowest BCUT2D eigenvalue weighted by Crippen LogP contribution is -2.38. The first-order valence-corrected chi connectivity index (χ1v) is 14.5. The van der Waals surface area contributed by atoms with Crippen LogP contribution >= 0.6 is 11.3 Å². The Morgan fingerprint density at radius 1 is 1.17 bits per heavy atom. The van der Waals surface area contributed by atoms with Crippen LogP contribution in [0.3, 0.4) is 0 Å². The Morgan fingerprint density at radius 3 is 2.46 bits per heavy atom. The van der Waals surface area contributed by atoms with Crippen LogP contribution in [0.1, 0.15) is 10.6 Å². The number of rotatable bonds is 9. The topological polar surface area (TPSA) is 183 Å². The van der Waals surface area contributed by atoms with Crippen molar-refractivity contribution in [3.63, 3.8) is 0 Å². The van der Waals surface area contributed by atoms with Crippen molar-refractivity contribution < 1.29 is 43.2 Å². The van der Waals surface area contributed by atoms with E-state index >= 15 is 0 Å². The molecule has 0 radical (unpaired) electrons. The largest absolute Gasteiger partial charge is 0.473 e. The van der Waals surface area contributed by atoms with Gasteiger partial charge in [0.25, 0.3) is 5.69 Å². The number of nitro groups is 1. The number of oxime groups is 1. The monoisotopic (exact) mass is 606 g/mol. The number of fused-ring (bicyclic) bond motifs is 3. The van der Waals surface area contributed by atoms with Gasteiger partial charge in [-0.15, -0.1) is 11.3 Å². The molecule has 0 saturated carbocycles. The van der Waals surface area contributed by atoms with Gasteiger partial charge < -0.3 is 29.1 Å². The Labute approximate surface area is 240 Å². The van der Waals surface area contributed by atoms with Gasteiger partial charge in [-0.25, -0.2) is 9.59 Å². The lowest BCUT2D eigenvalue weighted by molar-refractivity contribution is -0.384. The number of hydrogen-bond acceptors (Lipinski definition) is 11. The normalized spacial score (nSPS) is 15.9. The lowest BCUT2D eigenvalue weighted by atomic mass is 10.1. The molecule has 2 aromatic heterocycles. The van der Waals surface area contributed by atoms with Crippen LogP contribution < -0.4 is 0 Å². The van der Waals surface area contributed by atoms with Crippen LogP contribution in [-0.4, -0.2) is 99.0 Å². The zero-order valence-electron chi connectivity index (χ0n) is 21.8. The Bertz CT molecular complexity index is 1460. The number of nitro benzene ring substituents is 1. The summed E-state index contributed by atoms with van der Waals surface area (Å²) in [6, 6.07) is 10.1. The van der Waals surface area contributed by atoms with Crippen LogP contribution in [0.2, 0.25) is 0 Å². The molecular formula is C25H26N4O10S2. The highest BCUT2D eigenvalue weighted by Gasteiger charge is 2.34. The molecule has 5 rings (SSSR count). The fourth-order valence-corrected chi connectivity index (χ4v) is 6.44. The first-order chi connectivity index (χ1) is 19.7. The number of thiophene rings is 1. The van der Waals surface area contributed by atoms with Gasteiger partial charge in [0.15, 0.2) is 0 Å². The van der Waals surface area contributed by atoms with Gasteiger partial charge in [0.05, 0.1) is 51.8 Å². The van der Waals surface area contributed by atoms with Gasteiger partial charge in [-0.1, -0.05) is 5.16 Å². The van der Waals surface area contributed by atoms with E-state index < -0.39 is 27.7 Å². The highest BCUT2D eigenvalue weighted by atomic mass is 32.2. The van der Waals surface area contributed by atoms with Gasteiger partial charge in [-0.05, 0) is 29.8 Å². The Balaban J connectivity index is 0.000000585. The van der Waals surface area contributed by atoms with E-state index in [0.717, 1.165) is 60.2 Å². The zero-order valence-corrected chi connectivity index (χ0v) is 23.4. The molecule has 0 aliphatic carbocycles. The summed E-state index contributed by atoms with van der Waals surface area (Å²) < 4.78 is 26.3. The highest BCUT2D eigenvalue weighted by Crippen LogP contribution is 2.46. The number of aliphatic carboxylic acids is 2. The van der Waals surface area contributed by atoms with Gasteiger partial charge in [0, 0.05) is 49.8 Å². The lowest BCUT2D eigenvalue weighted by Gasteiger charge is -2.26. The minimum Gasteiger partial charge on any atom is -0.473 e. The van der Waals surface area contributed by atoms with Crippen LogP contribution in [0.5, 0.6) is 0 Å². The number of aromatic nitrogens is 1. The van der Waals surface area contributed by atoms with Gasteiger partial charge in [-0.3, -0.25) is 19.2 Å². The number of benzene rings is 1. The van der Waals surface area contributed by atoms with Crippen molar-refractivity contribution in [1.29, 1.82) is 0 Å². The summed E-state index contributed by atoms with van der Waals surface area (Å²) in [5.74, 6) is -3.65. The van der Waals surface area contributed by atoms with Crippen molar-refractivity contribution in [2.24, 2.45) is 5.16 Å². The molecule has 1 fully saturated rings.